The van der Waals surface area contributed by atoms with Crippen molar-refractivity contribution >= 4 is 33.9 Å². The predicted molar refractivity (Wildman–Crippen MR) is 101 cm³/mol. The molecule has 0 saturated carbocycles. The van der Waals surface area contributed by atoms with Crippen molar-refractivity contribution in [1.29, 1.82) is 0 Å². The van der Waals surface area contributed by atoms with E-state index in [0.29, 0.717) is 16.2 Å². The molecule has 0 aliphatic rings. The van der Waals surface area contributed by atoms with Crippen molar-refractivity contribution in [1.82, 2.24) is 4.98 Å². The summed E-state index contributed by atoms with van der Waals surface area (Å²) in [6.45, 7) is 0. The molecule has 0 aliphatic heterocycles. The van der Waals surface area contributed by atoms with Crippen LogP contribution >= 0.6 is 18.9 Å². The zero-order valence-electron chi connectivity index (χ0n) is 13.1. The summed E-state index contributed by atoms with van der Waals surface area (Å²) in [7, 11) is -3.68. The minimum Gasteiger partial charge on any atom is -0.411 e. The van der Waals surface area contributed by atoms with Gasteiger partial charge in [0.1, 0.15) is 11.5 Å². The van der Waals surface area contributed by atoms with Gasteiger partial charge in [-0.25, -0.2) is 9.55 Å². The molecule has 0 atom stereocenters. The second-order valence-corrected chi connectivity index (χ2v) is 8.39. The Hall–Kier alpha value is -2.62. The number of fused-ring (bicyclic) bond motifs is 1. The average Bonchev–Trinajstić information content (AvgIpc) is 3.08. The lowest BCUT2D eigenvalue weighted by Gasteiger charge is -2.17. The highest BCUT2D eigenvalue weighted by molar-refractivity contribution is 7.69. The molecule has 0 aliphatic carbocycles. The number of aromatic nitrogens is 1. The van der Waals surface area contributed by atoms with Crippen LogP contribution in [-0.2, 0) is 4.57 Å². The van der Waals surface area contributed by atoms with Gasteiger partial charge >= 0.3 is 7.60 Å². The van der Waals surface area contributed by atoms with Crippen LogP contribution in [-0.4, -0.2) is 4.98 Å². The summed E-state index contributed by atoms with van der Waals surface area (Å²) in [5.41, 5.74) is 0.774. The third-order valence-electron chi connectivity index (χ3n) is 3.45. The highest BCUT2D eigenvalue weighted by Crippen LogP contribution is 2.48. The van der Waals surface area contributed by atoms with Gasteiger partial charge in [0.05, 0.1) is 10.2 Å². The van der Waals surface area contributed by atoms with Crippen LogP contribution in [0.15, 0.2) is 84.9 Å². The molecule has 4 nitrogen and oxygen atoms in total. The Bertz CT molecular complexity index is 956. The largest absolute Gasteiger partial charge is 0.491 e. The second-order valence-electron chi connectivity index (χ2n) is 5.27. The van der Waals surface area contributed by atoms with Crippen molar-refractivity contribution in [2.45, 2.75) is 0 Å². The summed E-state index contributed by atoms with van der Waals surface area (Å²) < 4.78 is 26.5. The topological polar surface area (TPSA) is 48.4 Å². The number of hydrogen-bond donors (Lipinski definition) is 0. The standard InChI is InChI=1S/C19H14NO3PS/c21-24(22-15-9-3-1-4-10-15,23-16-11-5-2-6-12-16)19-20-17-13-7-8-14-18(17)25-19/h1-14H. The fourth-order valence-corrected chi connectivity index (χ4v) is 5.21. The molecule has 0 bridgehead atoms. The Balaban J connectivity index is 1.78. The van der Waals surface area contributed by atoms with E-state index >= 15 is 0 Å². The van der Waals surface area contributed by atoms with Gasteiger partial charge in [0.2, 0.25) is 4.75 Å². The number of benzene rings is 3. The van der Waals surface area contributed by atoms with Crippen molar-refractivity contribution in [2.24, 2.45) is 0 Å². The van der Waals surface area contributed by atoms with Crippen molar-refractivity contribution in [3.05, 3.63) is 84.9 Å². The number of hydrogen-bond acceptors (Lipinski definition) is 5. The summed E-state index contributed by atoms with van der Waals surface area (Å²) in [4.78, 5) is 4.48. The smallest absolute Gasteiger partial charge is 0.411 e. The van der Waals surface area contributed by atoms with E-state index in [2.05, 4.69) is 4.98 Å². The maximum atomic E-state index is 13.6. The third kappa shape index (κ3) is 3.43. The number of thiazole rings is 1. The van der Waals surface area contributed by atoms with Crippen LogP contribution in [0.3, 0.4) is 0 Å². The molecule has 0 spiro atoms. The van der Waals surface area contributed by atoms with Gasteiger partial charge in [-0.1, -0.05) is 48.5 Å². The molecule has 25 heavy (non-hydrogen) atoms. The monoisotopic (exact) mass is 367 g/mol. The molecule has 0 fully saturated rings. The van der Waals surface area contributed by atoms with Crippen LogP contribution in [0.4, 0.5) is 0 Å². The summed E-state index contributed by atoms with van der Waals surface area (Å²) in [6, 6.07) is 25.6. The minimum absolute atomic E-state index is 0.335. The molecule has 1 aromatic heterocycles. The highest BCUT2D eigenvalue weighted by atomic mass is 32.1. The quantitative estimate of drug-likeness (QED) is 0.451. The molecule has 0 radical (unpaired) electrons. The molecule has 3 aromatic carbocycles. The Morgan fingerprint density at radius 3 is 1.80 bits per heavy atom. The first-order chi connectivity index (χ1) is 12.2. The Kier molecular flexibility index (Phi) is 4.26. The van der Waals surface area contributed by atoms with Crippen LogP contribution in [0, 0.1) is 0 Å². The van der Waals surface area contributed by atoms with Gasteiger partial charge in [0.15, 0.2) is 0 Å². The molecule has 4 rings (SSSR count). The second kappa shape index (κ2) is 6.71. The molecule has 124 valence electrons. The zero-order valence-corrected chi connectivity index (χ0v) is 14.8. The first kappa shape index (κ1) is 15.9. The molecular formula is C19H14NO3PS. The average molecular weight is 367 g/mol. The van der Waals surface area contributed by atoms with Gasteiger partial charge in [-0.15, -0.1) is 11.3 Å². The lowest BCUT2D eigenvalue weighted by molar-refractivity contribution is 0.399. The number of rotatable bonds is 5. The molecule has 0 unspecified atom stereocenters. The summed E-state index contributed by atoms with van der Waals surface area (Å²) in [5.74, 6) is 0.946. The van der Waals surface area contributed by atoms with Gasteiger partial charge in [-0.3, -0.25) is 0 Å². The fraction of sp³-hybridized carbons (Fsp3) is 0. The van der Waals surface area contributed by atoms with Crippen molar-refractivity contribution in [3.8, 4) is 11.5 Å². The molecule has 1 heterocycles. The van der Waals surface area contributed by atoms with Crippen LogP contribution < -0.4 is 13.8 Å². The van der Waals surface area contributed by atoms with Crippen LogP contribution in [0.2, 0.25) is 0 Å². The van der Waals surface area contributed by atoms with Gasteiger partial charge < -0.3 is 9.05 Å². The van der Waals surface area contributed by atoms with Gasteiger partial charge in [-0.2, -0.15) is 0 Å². The lowest BCUT2D eigenvalue weighted by atomic mass is 10.3. The van der Waals surface area contributed by atoms with Crippen LogP contribution in [0.5, 0.6) is 11.5 Å². The van der Waals surface area contributed by atoms with E-state index in [4.69, 9.17) is 9.05 Å². The normalized spacial score (nSPS) is 11.4. The third-order valence-corrected chi connectivity index (χ3v) is 6.71. The van der Waals surface area contributed by atoms with Crippen molar-refractivity contribution in [3.63, 3.8) is 0 Å². The van der Waals surface area contributed by atoms with Gasteiger partial charge in [-0.05, 0) is 36.4 Å². The van der Waals surface area contributed by atoms with E-state index in [9.17, 15) is 4.57 Å². The molecule has 0 N–H and O–H groups in total. The number of nitrogens with zero attached hydrogens (tertiary/aromatic N) is 1. The molecule has 0 saturated heterocycles. The highest BCUT2D eigenvalue weighted by Gasteiger charge is 2.35. The first-order valence-corrected chi connectivity index (χ1v) is 10.0. The maximum Gasteiger partial charge on any atom is 0.491 e. The van der Waals surface area contributed by atoms with Gasteiger partial charge in [0, 0.05) is 0 Å². The Morgan fingerprint density at radius 2 is 1.24 bits per heavy atom. The Labute approximate surface area is 149 Å². The molecule has 4 aromatic rings. The van der Waals surface area contributed by atoms with E-state index in [1.807, 2.05) is 60.7 Å². The van der Waals surface area contributed by atoms with Crippen LogP contribution in [0.25, 0.3) is 10.2 Å². The maximum absolute atomic E-state index is 13.6. The first-order valence-electron chi connectivity index (χ1n) is 7.68. The van der Waals surface area contributed by atoms with Crippen LogP contribution in [0.1, 0.15) is 0 Å². The summed E-state index contributed by atoms with van der Waals surface area (Å²) >= 11 is 1.32. The molecule has 6 heteroatoms. The molecule has 0 amide bonds. The molecular weight excluding hydrogens is 353 g/mol. The zero-order chi connectivity index (χ0) is 17.1. The summed E-state index contributed by atoms with van der Waals surface area (Å²) in [5, 5.41) is 0. The Morgan fingerprint density at radius 1 is 0.720 bits per heavy atom. The van der Waals surface area contributed by atoms with E-state index in [0.717, 1.165) is 10.2 Å². The summed E-state index contributed by atoms with van der Waals surface area (Å²) in [6.07, 6.45) is 0. The van der Waals surface area contributed by atoms with Gasteiger partial charge in [0.25, 0.3) is 0 Å². The predicted octanol–water partition coefficient (Wildman–Crippen LogP) is 5.27. The van der Waals surface area contributed by atoms with E-state index in [-0.39, 0.29) is 0 Å². The minimum atomic E-state index is -3.68. The number of para-hydroxylation sites is 3. The van der Waals surface area contributed by atoms with E-state index in [1.54, 1.807) is 24.3 Å². The van der Waals surface area contributed by atoms with E-state index < -0.39 is 7.60 Å². The SMILES string of the molecule is O=P(Oc1ccccc1)(Oc1ccccc1)c1nc2ccccc2s1. The lowest BCUT2D eigenvalue weighted by Crippen LogP contribution is -2.14. The van der Waals surface area contributed by atoms with Crippen molar-refractivity contribution in [2.75, 3.05) is 0 Å². The van der Waals surface area contributed by atoms with E-state index in [1.165, 1.54) is 11.3 Å². The van der Waals surface area contributed by atoms with Crippen molar-refractivity contribution < 1.29 is 13.6 Å². The fourth-order valence-electron chi connectivity index (χ4n) is 2.31.